The van der Waals surface area contributed by atoms with Crippen LogP contribution in [0.1, 0.15) is 19.4 Å². The molecule has 2 atom stereocenters. The number of benzene rings is 1. The van der Waals surface area contributed by atoms with Gasteiger partial charge in [0.05, 0.1) is 13.1 Å². The van der Waals surface area contributed by atoms with Crippen LogP contribution < -0.4 is 20.1 Å². The van der Waals surface area contributed by atoms with Crippen LogP contribution in [0, 0.1) is 0 Å². The molecule has 0 saturated heterocycles. The number of hydrogen-bond acceptors (Lipinski definition) is 5. The van der Waals surface area contributed by atoms with Crippen LogP contribution in [0.5, 0.6) is 11.5 Å². The highest BCUT2D eigenvalue weighted by molar-refractivity contribution is 14.0. The summed E-state index contributed by atoms with van der Waals surface area (Å²) >= 11 is 1.56. The first kappa shape index (κ1) is 21.8. The number of hydrogen-bond donors (Lipinski definition) is 3. The highest BCUT2D eigenvalue weighted by Crippen LogP contribution is 2.30. The molecule has 27 heavy (non-hydrogen) atoms. The first-order valence-corrected chi connectivity index (χ1v) is 9.68. The van der Waals surface area contributed by atoms with E-state index in [1.807, 2.05) is 48.0 Å². The Morgan fingerprint density at radius 3 is 2.78 bits per heavy atom. The van der Waals surface area contributed by atoms with Crippen molar-refractivity contribution < 1.29 is 14.6 Å². The van der Waals surface area contributed by atoms with E-state index in [0.717, 1.165) is 23.6 Å². The zero-order chi connectivity index (χ0) is 18.4. The van der Waals surface area contributed by atoms with Crippen LogP contribution in [0.3, 0.4) is 0 Å². The summed E-state index contributed by atoms with van der Waals surface area (Å²) in [6.07, 6.45) is -0.105. The molecule has 148 valence electrons. The molecule has 0 radical (unpaired) electrons. The van der Waals surface area contributed by atoms with E-state index < -0.39 is 5.60 Å². The normalized spacial score (nSPS) is 18.2. The number of nitrogens with zero attached hydrogens (tertiary/aromatic N) is 1. The van der Waals surface area contributed by atoms with Gasteiger partial charge < -0.3 is 25.2 Å². The topological polar surface area (TPSA) is 75.1 Å². The molecule has 1 aliphatic heterocycles. The molecule has 8 heteroatoms. The minimum absolute atomic E-state index is 0. The fourth-order valence-corrected chi connectivity index (χ4v) is 3.39. The molecule has 0 amide bonds. The van der Waals surface area contributed by atoms with Gasteiger partial charge in [-0.15, -0.1) is 24.0 Å². The molecular weight excluding hydrogens is 477 g/mol. The summed E-state index contributed by atoms with van der Waals surface area (Å²) in [5.74, 6) is 2.18. The van der Waals surface area contributed by atoms with Crippen molar-refractivity contribution in [3.05, 3.63) is 46.7 Å². The Labute approximate surface area is 181 Å². The number of aliphatic imine (C=N–C) groups is 1. The van der Waals surface area contributed by atoms with Crippen molar-refractivity contribution in [2.24, 2.45) is 4.99 Å². The maximum absolute atomic E-state index is 10.6. The lowest BCUT2D eigenvalue weighted by Crippen LogP contribution is -2.45. The van der Waals surface area contributed by atoms with Crippen LogP contribution in [0.2, 0.25) is 0 Å². The Morgan fingerprint density at radius 1 is 1.30 bits per heavy atom. The van der Waals surface area contributed by atoms with Crippen molar-refractivity contribution in [1.82, 2.24) is 10.6 Å². The number of para-hydroxylation sites is 2. The minimum Gasteiger partial charge on any atom is -0.486 e. The van der Waals surface area contributed by atoms with E-state index >= 15 is 0 Å². The van der Waals surface area contributed by atoms with Crippen molar-refractivity contribution in [3.63, 3.8) is 0 Å². The van der Waals surface area contributed by atoms with Gasteiger partial charge in [0.25, 0.3) is 0 Å². The van der Waals surface area contributed by atoms with Crippen molar-refractivity contribution in [2.75, 3.05) is 26.2 Å². The fraction of sp³-hybridized carbons (Fsp3) is 0.421. The summed E-state index contributed by atoms with van der Waals surface area (Å²) in [6, 6.07) is 9.58. The number of fused-ring (bicyclic) bond motifs is 1. The van der Waals surface area contributed by atoms with Crippen molar-refractivity contribution in [2.45, 2.75) is 25.6 Å². The van der Waals surface area contributed by atoms with E-state index in [2.05, 4.69) is 15.6 Å². The number of aliphatic hydroxyl groups is 1. The van der Waals surface area contributed by atoms with Crippen molar-refractivity contribution >= 4 is 41.3 Å². The van der Waals surface area contributed by atoms with E-state index in [1.165, 1.54) is 0 Å². The molecule has 2 unspecified atom stereocenters. The third-order valence-corrected chi connectivity index (χ3v) is 4.78. The quantitative estimate of drug-likeness (QED) is 0.321. The van der Waals surface area contributed by atoms with Gasteiger partial charge >= 0.3 is 0 Å². The molecule has 0 spiro atoms. The smallest absolute Gasteiger partial charge is 0.191 e. The first-order chi connectivity index (χ1) is 12.6. The molecule has 1 aromatic heterocycles. The molecule has 0 aliphatic carbocycles. The SMILES string of the molecule is CCNC(=NCC(C)(O)c1ccsc1)NCC1COc2ccccc2O1.I. The second-order valence-corrected chi connectivity index (χ2v) is 7.14. The molecule has 1 aliphatic rings. The van der Waals surface area contributed by atoms with Gasteiger partial charge in [-0.25, -0.2) is 4.99 Å². The Morgan fingerprint density at radius 2 is 2.07 bits per heavy atom. The molecule has 0 fully saturated rings. The maximum atomic E-state index is 10.6. The van der Waals surface area contributed by atoms with Crippen LogP contribution in [0.15, 0.2) is 46.1 Å². The van der Waals surface area contributed by atoms with Gasteiger partial charge in [0.15, 0.2) is 17.5 Å². The Balaban J connectivity index is 0.00000261. The predicted octanol–water partition coefficient (Wildman–Crippen LogP) is 2.97. The number of ether oxygens (including phenoxy) is 2. The summed E-state index contributed by atoms with van der Waals surface area (Å²) < 4.78 is 11.7. The van der Waals surface area contributed by atoms with E-state index in [1.54, 1.807) is 18.3 Å². The summed E-state index contributed by atoms with van der Waals surface area (Å²) in [6.45, 7) is 5.82. The maximum Gasteiger partial charge on any atom is 0.191 e. The lowest BCUT2D eigenvalue weighted by atomic mass is 10.00. The Hall–Kier alpha value is -1.52. The van der Waals surface area contributed by atoms with E-state index in [-0.39, 0.29) is 36.6 Å². The Kier molecular flexibility index (Phi) is 8.18. The second-order valence-electron chi connectivity index (χ2n) is 6.36. The third kappa shape index (κ3) is 5.98. The van der Waals surface area contributed by atoms with Gasteiger partial charge in [-0.2, -0.15) is 11.3 Å². The van der Waals surface area contributed by atoms with Crippen LogP contribution >= 0.6 is 35.3 Å². The highest BCUT2D eigenvalue weighted by Gasteiger charge is 2.24. The van der Waals surface area contributed by atoms with Gasteiger partial charge in [0.2, 0.25) is 0 Å². The predicted molar refractivity (Wildman–Crippen MR) is 120 cm³/mol. The standard InChI is InChI=1S/C19H25N3O3S.HI/c1-3-20-18(22-13-19(2,23)14-8-9-26-12-14)21-10-15-11-24-16-6-4-5-7-17(16)25-15;/h4-9,12,15,23H,3,10-11,13H2,1-2H3,(H2,20,21,22);1H. The fourth-order valence-electron chi connectivity index (χ4n) is 2.61. The van der Waals surface area contributed by atoms with Gasteiger partial charge in [-0.1, -0.05) is 12.1 Å². The van der Waals surface area contributed by atoms with Gasteiger partial charge in [-0.05, 0) is 48.4 Å². The van der Waals surface area contributed by atoms with Gasteiger partial charge in [0.1, 0.15) is 18.3 Å². The van der Waals surface area contributed by atoms with Crippen LogP contribution in [0.25, 0.3) is 0 Å². The average molecular weight is 503 g/mol. The van der Waals surface area contributed by atoms with Gasteiger partial charge in [-0.3, -0.25) is 0 Å². The van der Waals surface area contributed by atoms with Crippen LogP contribution in [-0.2, 0) is 5.60 Å². The second kappa shape index (κ2) is 10.1. The van der Waals surface area contributed by atoms with Crippen molar-refractivity contribution in [3.8, 4) is 11.5 Å². The summed E-state index contributed by atoms with van der Waals surface area (Å²) in [4.78, 5) is 4.52. The average Bonchev–Trinajstić information content (AvgIpc) is 3.19. The minimum atomic E-state index is -0.994. The molecule has 3 N–H and O–H groups in total. The first-order valence-electron chi connectivity index (χ1n) is 8.74. The monoisotopic (exact) mass is 503 g/mol. The molecule has 1 aromatic carbocycles. The summed E-state index contributed by atoms with van der Waals surface area (Å²) in [7, 11) is 0. The number of guanidine groups is 1. The third-order valence-electron chi connectivity index (χ3n) is 4.10. The van der Waals surface area contributed by atoms with Crippen LogP contribution in [0.4, 0.5) is 0 Å². The van der Waals surface area contributed by atoms with Crippen LogP contribution in [-0.4, -0.2) is 43.4 Å². The van der Waals surface area contributed by atoms with E-state index in [4.69, 9.17) is 9.47 Å². The summed E-state index contributed by atoms with van der Waals surface area (Å²) in [5, 5.41) is 21.0. The largest absolute Gasteiger partial charge is 0.486 e. The zero-order valence-electron chi connectivity index (χ0n) is 15.5. The molecule has 6 nitrogen and oxygen atoms in total. The molecule has 3 rings (SSSR count). The highest BCUT2D eigenvalue weighted by atomic mass is 127. The van der Waals surface area contributed by atoms with E-state index in [0.29, 0.717) is 19.1 Å². The molecule has 0 saturated carbocycles. The zero-order valence-corrected chi connectivity index (χ0v) is 18.6. The molecule has 0 bridgehead atoms. The Bertz CT molecular complexity index is 738. The van der Waals surface area contributed by atoms with E-state index in [9.17, 15) is 5.11 Å². The number of halogens is 1. The molecule has 2 aromatic rings. The van der Waals surface area contributed by atoms with Gasteiger partial charge in [0, 0.05) is 6.54 Å². The lowest BCUT2D eigenvalue weighted by Gasteiger charge is -2.27. The number of thiophene rings is 1. The molecular formula is C19H26IN3O3S. The van der Waals surface area contributed by atoms with Crippen molar-refractivity contribution in [1.29, 1.82) is 0 Å². The number of rotatable bonds is 6. The summed E-state index contributed by atoms with van der Waals surface area (Å²) in [5.41, 5.74) is -0.117. The number of nitrogens with one attached hydrogen (secondary N) is 2. The lowest BCUT2D eigenvalue weighted by molar-refractivity contribution is 0.0676. The molecule has 2 heterocycles.